The molecule has 3 rings (SSSR count). The maximum absolute atomic E-state index is 13.3. The fraction of sp³-hybridized carbons (Fsp3) is 0.294. The smallest absolute Gasteiger partial charge is 0.205 e. The summed E-state index contributed by atoms with van der Waals surface area (Å²) in [6, 6.07) is 6.73. The van der Waals surface area contributed by atoms with Crippen molar-refractivity contribution in [3.05, 3.63) is 52.4 Å². The first kappa shape index (κ1) is 18.2. The monoisotopic (exact) mass is 349 g/mol. The molecule has 0 atom stereocenters. The lowest BCUT2D eigenvalue weighted by molar-refractivity contribution is 0.627. The second-order valence-corrected chi connectivity index (χ2v) is 5.75. The van der Waals surface area contributed by atoms with Gasteiger partial charge in [-0.25, -0.2) is 9.37 Å². The second kappa shape index (κ2) is 7.59. The van der Waals surface area contributed by atoms with Crippen LogP contribution in [0.25, 0.3) is 11.2 Å². The number of hydrogen-bond acceptors (Lipinski definition) is 4. The summed E-state index contributed by atoms with van der Waals surface area (Å²) in [5.41, 5.74) is 9.05. The third kappa shape index (κ3) is 3.66. The van der Waals surface area contributed by atoms with Crippen LogP contribution >= 0.6 is 11.6 Å². The van der Waals surface area contributed by atoms with Crippen LogP contribution in [0.3, 0.4) is 0 Å². The summed E-state index contributed by atoms with van der Waals surface area (Å²) in [5.74, 6) is 0.258. The van der Waals surface area contributed by atoms with E-state index in [1.807, 2.05) is 17.6 Å². The number of aromatic nitrogens is 3. The van der Waals surface area contributed by atoms with Gasteiger partial charge in [-0.15, -0.1) is 0 Å². The van der Waals surface area contributed by atoms with E-state index in [0.29, 0.717) is 31.2 Å². The van der Waals surface area contributed by atoms with Gasteiger partial charge >= 0.3 is 0 Å². The predicted octanol–water partition coefficient (Wildman–Crippen LogP) is 3.59. The van der Waals surface area contributed by atoms with Gasteiger partial charge in [-0.2, -0.15) is 4.98 Å². The Bertz CT molecular complexity index is 846. The Balaban J connectivity index is 0.00000208. The van der Waals surface area contributed by atoms with Crippen molar-refractivity contribution in [3.8, 4) is 0 Å². The van der Waals surface area contributed by atoms with E-state index in [1.54, 1.807) is 18.3 Å². The Kier molecular flexibility index (Phi) is 5.75. The number of rotatable bonds is 5. The van der Waals surface area contributed by atoms with Gasteiger partial charge in [0.1, 0.15) is 5.82 Å². The molecule has 2 heterocycles. The van der Waals surface area contributed by atoms with E-state index >= 15 is 0 Å². The maximum atomic E-state index is 13.3. The van der Waals surface area contributed by atoms with Crippen molar-refractivity contribution in [1.29, 1.82) is 0 Å². The van der Waals surface area contributed by atoms with Crippen LogP contribution < -0.4 is 11.1 Å². The van der Waals surface area contributed by atoms with Crippen LogP contribution in [-0.2, 0) is 6.54 Å². The van der Waals surface area contributed by atoms with Gasteiger partial charge in [0, 0.05) is 19.3 Å². The predicted molar refractivity (Wildman–Crippen MR) is 97.1 cm³/mol. The number of nitrogens with two attached hydrogens (primary N) is 1. The van der Waals surface area contributed by atoms with Crippen LogP contribution in [0.15, 0.2) is 30.5 Å². The average Bonchev–Trinajstić information content (AvgIpc) is 2.86. The average molecular weight is 350 g/mol. The third-order valence-corrected chi connectivity index (χ3v) is 3.78. The number of fused-ring (bicyclic) bond motifs is 1. The SMILES string of the molecule is C.Cc1cnc2nc(NCCN)n(Cc3ccc(F)c(Cl)c3)c2c1. The summed E-state index contributed by atoms with van der Waals surface area (Å²) in [6.07, 6.45) is 1.78. The molecule has 0 aliphatic heterocycles. The molecule has 3 aromatic rings. The second-order valence-electron chi connectivity index (χ2n) is 5.34. The zero-order valence-corrected chi connectivity index (χ0v) is 13.4. The molecule has 0 aliphatic carbocycles. The molecule has 7 heteroatoms. The number of anilines is 1. The standard InChI is InChI=1S/C16H17ClFN5.CH4/c1-10-6-14-15(21-8-10)22-16(20-5-4-19)23(14)9-11-2-3-13(18)12(17)7-11;/h2-3,6-8H,4-5,9,19H2,1H3,(H,20,21,22);1H4. The normalized spacial score (nSPS) is 10.7. The molecule has 24 heavy (non-hydrogen) atoms. The highest BCUT2D eigenvalue weighted by Gasteiger charge is 2.13. The molecule has 2 aromatic heterocycles. The molecule has 0 radical (unpaired) electrons. The molecule has 0 amide bonds. The first-order valence-electron chi connectivity index (χ1n) is 7.29. The molecule has 0 unspecified atom stereocenters. The number of nitrogens with one attached hydrogen (secondary N) is 1. The summed E-state index contributed by atoms with van der Waals surface area (Å²) in [4.78, 5) is 8.86. The van der Waals surface area contributed by atoms with Crippen LogP contribution in [0.4, 0.5) is 10.3 Å². The minimum Gasteiger partial charge on any atom is -0.354 e. The highest BCUT2D eigenvalue weighted by molar-refractivity contribution is 6.30. The molecule has 0 aliphatic rings. The molecule has 0 saturated heterocycles. The summed E-state index contributed by atoms with van der Waals surface area (Å²) in [5, 5.41) is 3.31. The van der Waals surface area contributed by atoms with Crippen molar-refractivity contribution < 1.29 is 4.39 Å². The molecule has 128 valence electrons. The topological polar surface area (TPSA) is 68.8 Å². The van der Waals surface area contributed by atoms with Crippen LogP contribution in [0.5, 0.6) is 0 Å². The van der Waals surface area contributed by atoms with Gasteiger partial charge in [-0.05, 0) is 36.2 Å². The van der Waals surface area contributed by atoms with Crippen LogP contribution in [-0.4, -0.2) is 27.6 Å². The summed E-state index contributed by atoms with van der Waals surface area (Å²) in [6.45, 7) is 3.59. The molecule has 0 fully saturated rings. The largest absolute Gasteiger partial charge is 0.354 e. The van der Waals surface area contributed by atoms with Crippen molar-refractivity contribution in [3.63, 3.8) is 0 Å². The van der Waals surface area contributed by atoms with Gasteiger partial charge in [0.2, 0.25) is 5.95 Å². The minimum atomic E-state index is -0.426. The van der Waals surface area contributed by atoms with Gasteiger partial charge in [-0.3, -0.25) is 0 Å². The molecule has 1 aromatic carbocycles. The van der Waals surface area contributed by atoms with E-state index in [-0.39, 0.29) is 12.4 Å². The van der Waals surface area contributed by atoms with Gasteiger partial charge in [0.25, 0.3) is 0 Å². The van der Waals surface area contributed by atoms with E-state index in [1.165, 1.54) is 6.07 Å². The van der Waals surface area contributed by atoms with Crippen molar-refractivity contribution in [2.75, 3.05) is 18.4 Å². The van der Waals surface area contributed by atoms with Crippen molar-refractivity contribution >= 4 is 28.7 Å². The number of benzene rings is 1. The lowest BCUT2D eigenvalue weighted by Gasteiger charge is -2.11. The number of halogens is 2. The van der Waals surface area contributed by atoms with E-state index in [2.05, 4.69) is 15.3 Å². The highest BCUT2D eigenvalue weighted by Crippen LogP contribution is 2.23. The fourth-order valence-corrected chi connectivity index (χ4v) is 2.61. The first-order valence-corrected chi connectivity index (χ1v) is 7.67. The molecule has 3 N–H and O–H groups in total. The van der Waals surface area contributed by atoms with Gasteiger partial charge in [0.15, 0.2) is 5.65 Å². The van der Waals surface area contributed by atoms with E-state index < -0.39 is 5.82 Å². The summed E-state index contributed by atoms with van der Waals surface area (Å²) < 4.78 is 15.3. The van der Waals surface area contributed by atoms with Crippen LogP contribution in [0.1, 0.15) is 18.6 Å². The number of hydrogen-bond donors (Lipinski definition) is 2. The van der Waals surface area contributed by atoms with Crippen LogP contribution in [0.2, 0.25) is 5.02 Å². The Labute approximate surface area is 145 Å². The molecular weight excluding hydrogens is 329 g/mol. The summed E-state index contributed by atoms with van der Waals surface area (Å²) in [7, 11) is 0. The molecular formula is C17H21ClFN5. The molecule has 0 spiro atoms. The van der Waals surface area contributed by atoms with Crippen molar-refractivity contribution in [2.45, 2.75) is 20.9 Å². The van der Waals surface area contributed by atoms with Crippen molar-refractivity contribution in [1.82, 2.24) is 14.5 Å². The van der Waals surface area contributed by atoms with Gasteiger partial charge in [-0.1, -0.05) is 25.1 Å². The van der Waals surface area contributed by atoms with Gasteiger partial charge < -0.3 is 15.6 Å². The number of pyridine rings is 1. The third-order valence-electron chi connectivity index (χ3n) is 3.49. The van der Waals surface area contributed by atoms with Crippen LogP contribution in [0, 0.1) is 12.7 Å². The molecule has 0 bridgehead atoms. The summed E-state index contributed by atoms with van der Waals surface area (Å²) >= 11 is 5.88. The Morgan fingerprint density at radius 3 is 2.83 bits per heavy atom. The fourth-order valence-electron chi connectivity index (χ4n) is 2.41. The zero-order chi connectivity index (χ0) is 16.4. The van der Waals surface area contributed by atoms with E-state index in [9.17, 15) is 4.39 Å². The number of aryl methyl sites for hydroxylation is 1. The molecule has 5 nitrogen and oxygen atoms in total. The lowest BCUT2D eigenvalue weighted by Crippen LogP contribution is -2.16. The molecule has 0 saturated carbocycles. The van der Waals surface area contributed by atoms with E-state index in [0.717, 1.165) is 16.6 Å². The van der Waals surface area contributed by atoms with Crippen molar-refractivity contribution in [2.24, 2.45) is 5.73 Å². The highest BCUT2D eigenvalue weighted by atomic mass is 35.5. The minimum absolute atomic E-state index is 0. The maximum Gasteiger partial charge on any atom is 0.205 e. The Morgan fingerprint density at radius 2 is 2.12 bits per heavy atom. The lowest BCUT2D eigenvalue weighted by atomic mass is 10.2. The first-order chi connectivity index (χ1) is 11.1. The number of imidazole rings is 1. The van der Waals surface area contributed by atoms with E-state index in [4.69, 9.17) is 17.3 Å². The quantitative estimate of drug-likeness (QED) is 0.738. The van der Waals surface area contributed by atoms with Gasteiger partial charge in [0.05, 0.1) is 17.1 Å². The Hall–Kier alpha value is -2.18. The Morgan fingerprint density at radius 1 is 1.33 bits per heavy atom. The zero-order valence-electron chi connectivity index (χ0n) is 12.7. The number of nitrogens with zero attached hydrogens (tertiary/aromatic N) is 3.